The van der Waals surface area contributed by atoms with Crippen LogP contribution in [0.3, 0.4) is 0 Å². The molecule has 302 valence electrons. The van der Waals surface area contributed by atoms with Crippen molar-refractivity contribution in [1.29, 1.82) is 0 Å². The van der Waals surface area contributed by atoms with Crippen molar-refractivity contribution < 1.29 is 51.3 Å². The lowest BCUT2D eigenvalue weighted by molar-refractivity contribution is -0.142. The van der Waals surface area contributed by atoms with Crippen molar-refractivity contribution in [1.82, 2.24) is 19.8 Å². The van der Waals surface area contributed by atoms with Crippen LogP contribution in [0.5, 0.6) is 5.75 Å². The number of ketones is 1. The van der Waals surface area contributed by atoms with Crippen LogP contribution in [-0.2, 0) is 51.7 Å². The maximum atomic E-state index is 14.5. The summed E-state index contributed by atoms with van der Waals surface area (Å²) in [5.74, 6) is -1.64. The molecule has 6 rings (SSSR count). The molecule has 0 aromatic heterocycles. The van der Waals surface area contributed by atoms with E-state index in [0.29, 0.717) is 44.6 Å². The normalized spacial score (nSPS) is 29.1. The third-order valence-corrected chi connectivity index (χ3v) is 13.0. The Morgan fingerprint density at radius 1 is 1.07 bits per heavy atom. The summed E-state index contributed by atoms with van der Waals surface area (Å²) in [5.41, 5.74) is -1.23. The van der Waals surface area contributed by atoms with Gasteiger partial charge >= 0.3 is 12.2 Å². The number of cyclic esters (lactones) is 1. The van der Waals surface area contributed by atoms with Gasteiger partial charge in [0.1, 0.15) is 24.5 Å². The number of amides is 4. The Hall–Kier alpha value is -4.18. The molecule has 1 saturated heterocycles. The fourth-order valence-electron chi connectivity index (χ4n) is 7.60. The molecule has 2 N–H and O–H groups in total. The standard InChI is InChI=1S/C39H54N4O11S/c1-7-25-18-39(25,34(46)41-55(49,50)27-13-14-27)19-30(44)29-17-26-21-43(29)33(45)32(37(2,3)4)40-35(47)52-23-38(5,6)53-16-9-8-15-51-31-12-10-11-24-20-42(22-28(24)31)36(48)54-26/h7,10-12,25-27,29,32H,1,8-9,13-23H2,2-6H3,(H,40,47)(H,41,46)/t25-,26+,29?,32+,39-/m0/s1. The molecule has 2 saturated carbocycles. The van der Waals surface area contributed by atoms with Crippen LogP contribution in [-0.4, -0.2) is 103 Å². The van der Waals surface area contributed by atoms with Gasteiger partial charge in [-0.1, -0.05) is 39.0 Å². The Labute approximate surface area is 322 Å². The number of fused-ring (bicyclic) bond motifs is 3. The SMILES string of the molecule is C=C[C@H]1C[C@@]1(CC(=O)C1C[C@@H]2CN1C(=O)[C@H](C(C)(C)C)NC(=O)OCC(C)(C)OCCCCOc1cccc3c1CN(C3)C(=O)O2)C(=O)NS(=O)(=O)C1CC1. The monoisotopic (exact) mass is 786 g/mol. The number of nitrogens with zero attached hydrogens (tertiary/aromatic N) is 2. The fourth-order valence-corrected chi connectivity index (χ4v) is 8.99. The van der Waals surface area contributed by atoms with E-state index in [0.717, 1.165) is 11.1 Å². The molecule has 1 aromatic rings. The summed E-state index contributed by atoms with van der Waals surface area (Å²) in [4.78, 5) is 72.2. The van der Waals surface area contributed by atoms with Crippen molar-refractivity contribution in [2.45, 2.75) is 122 Å². The van der Waals surface area contributed by atoms with Crippen LogP contribution in [0.2, 0.25) is 0 Å². The largest absolute Gasteiger partial charge is 0.493 e. The number of hydrogen-bond donors (Lipinski definition) is 2. The van der Waals surface area contributed by atoms with Gasteiger partial charge in [0.15, 0.2) is 5.78 Å². The highest BCUT2D eigenvalue weighted by atomic mass is 32.2. The molecule has 1 unspecified atom stereocenters. The maximum Gasteiger partial charge on any atom is 0.410 e. The minimum absolute atomic E-state index is 0.0604. The minimum Gasteiger partial charge on any atom is -0.493 e. The van der Waals surface area contributed by atoms with Crippen molar-refractivity contribution in [3.8, 4) is 5.75 Å². The highest BCUT2D eigenvalue weighted by molar-refractivity contribution is 7.90. The van der Waals surface area contributed by atoms with Gasteiger partial charge in [-0.25, -0.2) is 18.0 Å². The van der Waals surface area contributed by atoms with Crippen molar-refractivity contribution in [3.63, 3.8) is 0 Å². The average Bonchev–Trinajstić information content (AvgIpc) is 4.00. The summed E-state index contributed by atoms with van der Waals surface area (Å²) >= 11 is 0. The number of carbonyl (C=O) groups excluding carboxylic acids is 5. The van der Waals surface area contributed by atoms with Gasteiger partial charge in [-0.15, -0.1) is 6.58 Å². The first-order valence-electron chi connectivity index (χ1n) is 19.1. The molecule has 3 aliphatic heterocycles. The molecule has 4 bridgehead atoms. The average molecular weight is 787 g/mol. The van der Waals surface area contributed by atoms with E-state index in [-0.39, 0.29) is 45.5 Å². The van der Waals surface area contributed by atoms with Crippen molar-refractivity contribution in [2.24, 2.45) is 16.7 Å². The lowest BCUT2D eigenvalue weighted by atomic mass is 9.85. The third kappa shape index (κ3) is 9.11. The Bertz CT molecular complexity index is 1820. The Balaban J connectivity index is 1.27. The zero-order valence-electron chi connectivity index (χ0n) is 32.4. The first kappa shape index (κ1) is 40.5. The van der Waals surface area contributed by atoms with Gasteiger partial charge in [-0.05, 0) is 68.9 Å². The molecular weight excluding hydrogens is 733 g/mol. The number of carbonyl (C=O) groups is 5. The van der Waals surface area contributed by atoms with Crippen LogP contribution in [0, 0.1) is 16.7 Å². The van der Waals surface area contributed by atoms with Gasteiger partial charge in [0.25, 0.3) is 0 Å². The molecule has 55 heavy (non-hydrogen) atoms. The minimum atomic E-state index is -3.89. The number of hydrogen-bond acceptors (Lipinski definition) is 11. The molecule has 0 spiro atoms. The lowest BCUT2D eigenvalue weighted by Crippen LogP contribution is -2.57. The second kappa shape index (κ2) is 15.4. The van der Waals surface area contributed by atoms with Gasteiger partial charge in [0.2, 0.25) is 21.8 Å². The predicted octanol–water partition coefficient (Wildman–Crippen LogP) is 3.98. The second-order valence-corrected chi connectivity index (χ2v) is 19.2. The van der Waals surface area contributed by atoms with E-state index in [1.807, 2.05) is 18.2 Å². The number of rotatable bonds is 7. The van der Waals surface area contributed by atoms with Crippen LogP contribution in [0.1, 0.15) is 90.7 Å². The number of allylic oxidation sites excluding steroid dienone is 1. The van der Waals surface area contributed by atoms with E-state index in [1.165, 1.54) is 15.9 Å². The first-order chi connectivity index (χ1) is 25.8. The molecule has 3 heterocycles. The van der Waals surface area contributed by atoms with E-state index in [1.54, 1.807) is 34.6 Å². The van der Waals surface area contributed by atoms with Gasteiger partial charge < -0.3 is 29.2 Å². The van der Waals surface area contributed by atoms with Crippen molar-refractivity contribution in [3.05, 3.63) is 42.0 Å². The first-order valence-corrected chi connectivity index (χ1v) is 20.7. The topological polar surface area (TPSA) is 187 Å². The number of sulfonamides is 1. The Morgan fingerprint density at radius 2 is 1.80 bits per heavy atom. The number of Topliss-reactive ketones (excluding diaryl/α,β-unsaturated/α-hetero) is 1. The smallest absolute Gasteiger partial charge is 0.410 e. The molecule has 4 amide bonds. The van der Waals surface area contributed by atoms with Crippen LogP contribution in [0.4, 0.5) is 9.59 Å². The zero-order chi connectivity index (χ0) is 39.9. The maximum absolute atomic E-state index is 14.5. The summed E-state index contributed by atoms with van der Waals surface area (Å²) in [6.45, 7) is 13.8. The van der Waals surface area contributed by atoms with E-state index in [4.69, 9.17) is 18.9 Å². The molecule has 5 aliphatic rings. The molecule has 15 nitrogen and oxygen atoms in total. The van der Waals surface area contributed by atoms with Gasteiger partial charge in [-0.2, -0.15) is 0 Å². The molecular formula is C39H54N4O11S. The van der Waals surface area contributed by atoms with E-state index < -0.39 is 85.6 Å². The second-order valence-electron chi connectivity index (χ2n) is 17.2. The number of benzene rings is 1. The number of ether oxygens (including phenoxy) is 4. The summed E-state index contributed by atoms with van der Waals surface area (Å²) in [7, 11) is -3.89. The van der Waals surface area contributed by atoms with Crippen LogP contribution >= 0.6 is 0 Å². The van der Waals surface area contributed by atoms with E-state index in [9.17, 15) is 32.4 Å². The molecule has 16 heteroatoms. The van der Waals surface area contributed by atoms with Crippen molar-refractivity contribution >= 4 is 39.8 Å². The van der Waals surface area contributed by atoms with Crippen LogP contribution in [0.25, 0.3) is 0 Å². The van der Waals surface area contributed by atoms with Gasteiger partial charge in [-0.3, -0.25) is 24.0 Å². The molecule has 2 aliphatic carbocycles. The highest BCUT2D eigenvalue weighted by Crippen LogP contribution is 2.57. The third-order valence-electron chi connectivity index (χ3n) is 11.2. The van der Waals surface area contributed by atoms with E-state index in [2.05, 4.69) is 16.6 Å². The summed E-state index contributed by atoms with van der Waals surface area (Å²) in [5, 5.41) is 2.06. The van der Waals surface area contributed by atoms with Gasteiger partial charge in [0, 0.05) is 31.6 Å². The Morgan fingerprint density at radius 3 is 2.47 bits per heavy atom. The number of alkyl carbamates (subject to hydrolysis) is 1. The van der Waals surface area contributed by atoms with Crippen molar-refractivity contribution in [2.75, 3.05) is 26.4 Å². The quantitative estimate of drug-likeness (QED) is 0.381. The van der Waals surface area contributed by atoms with E-state index >= 15 is 0 Å². The lowest BCUT2D eigenvalue weighted by Gasteiger charge is -2.35. The molecule has 3 fully saturated rings. The Kier molecular flexibility index (Phi) is 11.3. The summed E-state index contributed by atoms with van der Waals surface area (Å²) in [6, 6.07) is 3.35. The summed E-state index contributed by atoms with van der Waals surface area (Å²) in [6.07, 6.45) is 1.27. The zero-order valence-corrected chi connectivity index (χ0v) is 33.2. The number of nitrogens with one attached hydrogen (secondary N) is 2. The van der Waals surface area contributed by atoms with Crippen LogP contribution < -0.4 is 14.8 Å². The van der Waals surface area contributed by atoms with Crippen LogP contribution in [0.15, 0.2) is 30.9 Å². The summed E-state index contributed by atoms with van der Waals surface area (Å²) < 4.78 is 51.3. The predicted molar refractivity (Wildman–Crippen MR) is 199 cm³/mol. The highest BCUT2D eigenvalue weighted by Gasteiger charge is 2.61. The molecule has 5 atom stereocenters. The fraction of sp³-hybridized carbons (Fsp3) is 0.667. The molecule has 0 radical (unpaired) electrons. The van der Waals surface area contributed by atoms with Gasteiger partial charge in [0.05, 0.1) is 42.0 Å². The molecule has 1 aromatic carbocycles.